The number of hydrogen-bond donors (Lipinski definition) is 1. The molecular formula is C13H16N4. The van der Waals surface area contributed by atoms with Crippen LogP contribution in [0.25, 0.3) is 0 Å². The molecule has 0 aliphatic rings. The molecule has 0 atom stereocenters. The van der Waals surface area contributed by atoms with Gasteiger partial charge in [-0.05, 0) is 24.6 Å². The summed E-state index contributed by atoms with van der Waals surface area (Å²) in [5.74, 6) is 0.895. The maximum atomic E-state index is 5.67. The molecule has 0 aliphatic heterocycles. The molecule has 1 heterocycles. The minimum Gasteiger partial charge on any atom is -0.399 e. The Morgan fingerprint density at radius 3 is 2.53 bits per heavy atom. The van der Waals surface area contributed by atoms with Crippen molar-refractivity contribution in [1.82, 2.24) is 9.97 Å². The van der Waals surface area contributed by atoms with Crippen molar-refractivity contribution < 1.29 is 0 Å². The van der Waals surface area contributed by atoms with Crippen LogP contribution in [0.2, 0.25) is 0 Å². The molecule has 0 bridgehead atoms. The lowest BCUT2D eigenvalue weighted by Crippen LogP contribution is -2.23. The molecule has 0 saturated carbocycles. The quantitative estimate of drug-likeness (QED) is 0.814. The summed E-state index contributed by atoms with van der Waals surface area (Å²) in [6, 6.07) is 7.91. The lowest BCUT2D eigenvalue weighted by Gasteiger charge is -2.21. The van der Waals surface area contributed by atoms with Crippen molar-refractivity contribution >= 4 is 11.5 Å². The van der Waals surface area contributed by atoms with E-state index < -0.39 is 0 Å². The first kappa shape index (κ1) is 11.4. The molecule has 2 N–H and O–H groups in total. The molecule has 4 nitrogen and oxygen atoms in total. The number of nitrogen functional groups attached to an aromatic ring is 1. The molecule has 0 saturated heterocycles. The van der Waals surface area contributed by atoms with Crippen molar-refractivity contribution in [3.05, 3.63) is 48.4 Å². The Balaban J connectivity index is 2.13. The fourth-order valence-electron chi connectivity index (χ4n) is 1.65. The zero-order chi connectivity index (χ0) is 12.1. The van der Waals surface area contributed by atoms with Gasteiger partial charge < -0.3 is 10.6 Å². The maximum Gasteiger partial charge on any atom is 0.147 e. The maximum absolute atomic E-state index is 5.67. The van der Waals surface area contributed by atoms with E-state index in [1.807, 2.05) is 24.3 Å². The molecule has 0 fully saturated rings. The summed E-state index contributed by atoms with van der Waals surface area (Å²) >= 11 is 0. The minimum absolute atomic E-state index is 0.788. The lowest BCUT2D eigenvalue weighted by atomic mass is 10.2. The first-order valence-corrected chi connectivity index (χ1v) is 5.65. The van der Waals surface area contributed by atoms with Gasteiger partial charge in [-0.2, -0.15) is 0 Å². The van der Waals surface area contributed by atoms with Crippen molar-refractivity contribution in [2.75, 3.05) is 17.2 Å². The van der Waals surface area contributed by atoms with Gasteiger partial charge in [-0.3, -0.25) is 4.98 Å². The fraction of sp³-hybridized carbons (Fsp3) is 0.231. The van der Waals surface area contributed by atoms with E-state index in [-0.39, 0.29) is 0 Å². The standard InChI is InChI=1S/C13H16N4/c1-2-17(13-9-15-7-8-16-13)10-11-3-5-12(14)6-4-11/h3-9H,2,10,14H2,1H3. The van der Waals surface area contributed by atoms with Crippen LogP contribution in [0.15, 0.2) is 42.9 Å². The van der Waals surface area contributed by atoms with E-state index in [0.29, 0.717) is 0 Å². The minimum atomic E-state index is 0.788. The van der Waals surface area contributed by atoms with Crippen LogP contribution in [0.1, 0.15) is 12.5 Å². The summed E-state index contributed by atoms with van der Waals surface area (Å²) < 4.78 is 0. The predicted molar refractivity (Wildman–Crippen MR) is 69.6 cm³/mol. The fourth-order valence-corrected chi connectivity index (χ4v) is 1.65. The topological polar surface area (TPSA) is 55.0 Å². The van der Waals surface area contributed by atoms with Gasteiger partial charge in [0.05, 0.1) is 6.20 Å². The van der Waals surface area contributed by atoms with E-state index >= 15 is 0 Å². The normalized spacial score (nSPS) is 10.2. The van der Waals surface area contributed by atoms with Gasteiger partial charge in [-0.25, -0.2) is 4.98 Å². The van der Waals surface area contributed by atoms with Crippen LogP contribution >= 0.6 is 0 Å². The Morgan fingerprint density at radius 1 is 1.18 bits per heavy atom. The summed E-state index contributed by atoms with van der Waals surface area (Å²) in [5.41, 5.74) is 7.67. The number of benzene rings is 1. The number of nitrogens with two attached hydrogens (primary N) is 1. The number of aromatic nitrogens is 2. The van der Waals surface area contributed by atoms with Crippen molar-refractivity contribution in [3.63, 3.8) is 0 Å². The first-order chi connectivity index (χ1) is 8.29. The molecule has 1 aromatic heterocycles. The van der Waals surface area contributed by atoms with Crippen LogP contribution in [0, 0.1) is 0 Å². The summed E-state index contributed by atoms with van der Waals surface area (Å²) in [7, 11) is 0. The van der Waals surface area contributed by atoms with Gasteiger partial charge >= 0.3 is 0 Å². The van der Waals surface area contributed by atoms with Crippen LogP contribution in [-0.2, 0) is 6.54 Å². The summed E-state index contributed by atoms with van der Waals surface area (Å²) in [5, 5.41) is 0. The average Bonchev–Trinajstić information content (AvgIpc) is 2.39. The Bertz CT molecular complexity index is 453. The molecule has 88 valence electrons. The number of anilines is 2. The second-order valence-corrected chi connectivity index (χ2v) is 3.82. The highest BCUT2D eigenvalue weighted by atomic mass is 15.2. The van der Waals surface area contributed by atoms with Crippen molar-refractivity contribution in [3.8, 4) is 0 Å². The first-order valence-electron chi connectivity index (χ1n) is 5.65. The van der Waals surface area contributed by atoms with Gasteiger partial charge in [0.1, 0.15) is 5.82 Å². The largest absolute Gasteiger partial charge is 0.399 e. The van der Waals surface area contributed by atoms with Crippen molar-refractivity contribution in [1.29, 1.82) is 0 Å². The number of rotatable bonds is 4. The molecular weight excluding hydrogens is 212 g/mol. The van der Waals surface area contributed by atoms with Gasteiger partial charge in [0.2, 0.25) is 0 Å². The molecule has 1 aromatic carbocycles. The molecule has 2 aromatic rings. The molecule has 0 aliphatic carbocycles. The number of hydrogen-bond acceptors (Lipinski definition) is 4. The highest BCUT2D eigenvalue weighted by molar-refractivity contribution is 5.42. The Hall–Kier alpha value is -2.10. The molecule has 0 unspecified atom stereocenters. The summed E-state index contributed by atoms with van der Waals surface area (Å²) in [6.07, 6.45) is 5.17. The zero-order valence-corrected chi connectivity index (χ0v) is 9.87. The van der Waals surface area contributed by atoms with E-state index in [0.717, 1.165) is 24.6 Å². The summed E-state index contributed by atoms with van der Waals surface area (Å²) in [6.45, 7) is 3.81. The average molecular weight is 228 g/mol. The van der Waals surface area contributed by atoms with E-state index in [1.165, 1.54) is 5.56 Å². The summed E-state index contributed by atoms with van der Waals surface area (Å²) in [4.78, 5) is 10.6. The second kappa shape index (κ2) is 5.30. The van der Waals surface area contributed by atoms with Gasteiger partial charge in [-0.1, -0.05) is 12.1 Å². The predicted octanol–water partition coefficient (Wildman–Crippen LogP) is 2.09. The molecule has 2 rings (SSSR count). The van der Waals surface area contributed by atoms with E-state index in [4.69, 9.17) is 5.73 Å². The Labute approximate surface area is 101 Å². The van der Waals surface area contributed by atoms with Crippen LogP contribution in [0.3, 0.4) is 0 Å². The molecule has 0 radical (unpaired) electrons. The monoisotopic (exact) mass is 228 g/mol. The van der Waals surface area contributed by atoms with Crippen LogP contribution in [-0.4, -0.2) is 16.5 Å². The van der Waals surface area contributed by atoms with E-state index in [9.17, 15) is 0 Å². The third kappa shape index (κ3) is 2.93. The third-order valence-corrected chi connectivity index (χ3v) is 2.61. The van der Waals surface area contributed by atoms with Gasteiger partial charge in [-0.15, -0.1) is 0 Å². The van der Waals surface area contributed by atoms with Crippen molar-refractivity contribution in [2.45, 2.75) is 13.5 Å². The van der Waals surface area contributed by atoms with E-state index in [1.54, 1.807) is 18.6 Å². The molecule has 4 heteroatoms. The van der Waals surface area contributed by atoms with Crippen LogP contribution in [0.4, 0.5) is 11.5 Å². The molecule has 0 spiro atoms. The lowest BCUT2D eigenvalue weighted by molar-refractivity contribution is 0.809. The highest BCUT2D eigenvalue weighted by Crippen LogP contribution is 2.13. The van der Waals surface area contributed by atoms with Gasteiger partial charge in [0.25, 0.3) is 0 Å². The van der Waals surface area contributed by atoms with E-state index in [2.05, 4.69) is 21.8 Å². The smallest absolute Gasteiger partial charge is 0.147 e. The molecule has 17 heavy (non-hydrogen) atoms. The Morgan fingerprint density at radius 2 is 1.94 bits per heavy atom. The van der Waals surface area contributed by atoms with Gasteiger partial charge in [0, 0.05) is 31.2 Å². The number of nitrogens with zero attached hydrogens (tertiary/aromatic N) is 3. The van der Waals surface area contributed by atoms with Crippen LogP contribution < -0.4 is 10.6 Å². The zero-order valence-electron chi connectivity index (χ0n) is 9.87. The SMILES string of the molecule is CCN(Cc1ccc(N)cc1)c1cnccn1. The highest BCUT2D eigenvalue weighted by Gasteiger charge is 2.06. The second-order valence-electron chi connectivity index (χ2n) is 3.82. The molecule has 0 amide bonds. The van der Waals surface area contributed by atoms with Crippen molar-refractivity contribution in [2.24, 2.45) is 0 Å². The van der Waals surface area contributed by atoms with Gasteiger partial charge in [0.15, 0.2) is 0 Å². The third-order valence-electron chi connectivity index (χ3n) is 2.61. The Kier molecular flexibility index (Phi) is 3.55. The van der Waals surface area contributed by atoms with Crippen LogP contribution in [0.5, 0.6) is 0 Å².